The zero-order valence-electron chi connectivity index (χ0n) is 1.84. The van der Waals surface area contributed by atoms with E-state index in [0.717, 1.165) is 0 Å². The molecule has 0 heterocycles. The van der Waals surface area contributed by atoms with Crippen LogP contribution in [-0.2, 0) is 16.5 Å². The van der Waals surface area contributed by atoms with Crippen LogP contribution in [0, 0.1) is 0 Å². The van der Waals surface area contributed by atoms with E-state index in [1.165, 1.54) is 0 Å². The first-order valence-corrected chi connectivity index (χ1v) is 0. The predicted octanol–water partition coefficient (Wildman–Crippen LogP) is -0.0751. The monoisotopic (exact) mass is 252 g/mol. The van der Waals surface area contributed by atoms with Crippen LogP contribution in [0.3, 0.4) is 0 Å². The molecule has 0 N–H and O–H groups in total. The van der Waals surface area contributed by atoms with E-state index in [-0.39, 0.29) is 65.2 Å². The van der Waals surface area contributed by atoms with Gasteiger partial charge in [0, 0.05) is 16.5 Å². The second-order valence-electron chi connectivity index (χ2n) is 0. The van der Waals surface area contributed by atoms with Crippen molar-refractivity contribution in [1.29, 1.82) is 0 Å². The molecule has 32 valence electrons. The van der Waals surface area contributed by atoms with E-state index in [2.05, 4.69) is 0 Å². The van der Waals surface area contributed by atoms with E-state index < -0.39 is 0 Å². The number of rotatable bonds is 0. The van der Waals surface area contributed by atoms with Crippen LogP contribution in [0.1, 0.15) is 0 Å². The zero-order chi connectivity index (χ0) is 0. The summed E-state index contributed by atoms with van der Waals surface area (Å²) in [5, 5.41) is 0. The van der Waals surface area contributed by atoms with Crippen LogP contribution >= 0.6 is 24.8 Å². The molecule has 0 fully saturated rings. The summed E-state index contributed by atoms with van der Waals surface area (Å²) in [4.78, 5) is 0. The third-order valence-electron chi connectivity index (χ3n) is 0. The van der Waals surface area contributed by atoms with Gasteiger partial charge in [0.1, 0.15) is 0 Å². The maximum atomic E-state index is 0. The molecule has 0 saturated carbocycles. The topological polar surface area (TPSA) is 0 Å². The van der Waals surface area contributed by atoms with Gasteiger partial charge in [-0.3, -0.25) is 0 Å². The van der Waals surface area contributed by atoms with Gasteiger partial charge in [0.2, 0.25) is 0 Å². The molecule has 0 aliphatic heterocycles. The SMILES string of the molecule is Cl.Cl.[Ni].[SnH2]. The Labute approximate surface area is 64.8 Å². The fourth-order valence-corrected chi connectivity index (χ4v) is 0. The first-order chi connectivity index (χ1) is 0. The summed E-state index contributed by atoms with van der Waals surface area (Å²) >= 11 is 0. The molecule has 4 heavy (non-hydrogen) atoms. The first kappa shape index (κ1) is 39.8. The summed E-state index contributed by atoms with van der Waals surface area (Å²) in [5.74, 6) is 0. The molecule has 0 spiro atoms. The van der Waals surface area contributed by atoms with Crippen molar-refractivity contribution in [3.63, 3.8) is 0 Å². The van der Waals surface area contributed by atoms with E-state index in [1.54, 1.807) is 0 Å². The molecule has 0 saturated heterocycles. The Balaban J connectivity index is 0. The molecule has 0 amide bonds. The summed E-state index contributed by atoms with van der Waals surface area (Å²) in [6.07, 6.45) is 0. The van der Waals surface area contributed by atoms with Crippen molar-refractivity contribution in [2.45, 2.75) is 0 Å². The maximum absolute atomic E-state index is 0. The van der Waals surface area contributed by atoms with E-state index in [1.807, 2.05) is 0 Å². The molecule has 0 atom stereocenters. The van der Waals surface area contributed by atoms with Crippen LogP contribution < -0.4 is 0 Å². The van der Waals surface area contributed by atoms with E-state index in [9.17, 15) is 0 Å². The molecule has 2 radical (unpaired) electrons. The van der Waals surface area contributed by atoms with Gasteiger partial charge in [0.25, 0.3) is 0 Å². The third kappa shape index (κ3) is 9.11. The van der Waals surface area contributed by atoms with Gasteiger partial charge < -0.3 is 0 Å². The molecule has 0 bridgehead atoms. The van der Waals surface area contributed by atoms with Crippen molar-refractivity contribution in [2.24, 2.45) is 0 Å². The van der Waals surface area contributed by atoms with Gasteiger partial charge in [-0.05, 0) is 0 Å². The summed E-state index contributed by atoms with van der Waals surface area (Å²) in [6, 6.07) is 0. The quantitative estimate of drug-likeness (QED) is 0.529. The van der Waals surface area contributed by atoms with Gasteiger partial charge in [0.05, 0.1) is 0 Å². The summed E-state index contributed by atoms with van der Waals surface area (Å²) in [6.45, 7) is 0. The Morgan fingerprint density at radius 1 is 0.750 bits per heavy atom. The molecule has 0 nitrogen and oxygen atoms in total. The Hall–Kier alpha value is 1.87. The minimum atomic E-state index is 0. The average molecular weight is 252 g/mol. The second kappa shape index (κ2) is 20.8. The van der Waals surface area contributed by atoms with Crippen LogP contribution in [0.2, 0.25) is 0 Å². The van der Waals surface area contributed by atoms with Crippen molar-refractivity contribution in [2.75, 3.05) is 0 Å². The number of halogens is 2. The van der Waals surface area contributed by atoms with Gasteiger partial charge in [-0.1, -0.05) is 0 Å². The molecular weight excluding hydrogens is 248 g/mol. The van der Waals surface area contributed by atoms with Gasteiger partial charge in [0.15, 0.2) is 0 Å². The average Bonchev–Trinajstić information content (AvgIpc) is 0. The van der Waals surface area contributed by atoms with Crippen LogP contribution in [0.15, 0.2) is 0 Å². The Kier molecular flexibility index (Phi) is 207. The zero-order valence-corrected chi connectivity index (χ0v) is 8.50. The van der Waals surface area contributed by atoms with Crippen LogP contribution in [0.4, 0.5) is 0 Å². The number of hydrogen-bond acceptors (Lipinski definition) is 0. The molecule has 0 rings (SSSR count). The minimum absolute atomic E-state index is 0. The normalized spacial score (nSPS) is 0. The van der Waals surface area contributed by atoms with Crippen molar-refractivity contribution in [1.82, 2.24) is 0 Å². The van der Waals surface area contributed by atoms with Crippen LogP contribution in [-0.4, -0.2) is 23.9 Å². The van der Waals surface area contributed by atoms with Gasteiger partial charge in [-0.2, -0.15) is 0 Å². The van der Waals surface area contributed by atoms with E-state index >= 15 is 0 Å². The van der Waals surface area contributed by atoms with E-state index in [4.69, 9.17) is 0 Å². The van der Waals surface area contributed by atoms with Gasteiger partial charge in [-0.25, -0.2) is 0 Å². The van der Waals surface area contributed by atoms with Crippen molar-refractivity contribution < 1.29 is 16.5 Å². The van der Waals surface area contributed by atoms with Gasteiger partial charge >= 0.3 is 23.9 Å². The van der Waals surface area contributed by atoms with Crippen molar-refractivity contribution in [3.8, 4) is 0 Å². The van der Waals surface area contributed by atoms with Crippen LogP contribution in [0.25, 0.3) is 0 Å². The molecule has 0 aromatic heterocycles. The Morgan fingerprint density at radius 2 is 0.750 bits per heavy atom. The molecule has 4 heteroatoms. The standard InChI is InChI=1S/2ClH.Ni.Sn.2H/h2*1H;;;;. The Bertz CT molecular complexity index is 6.00. The summed E-state index contributed by atoms with van der Waals surface area (Å²) in [5.41, 5.74) is 0. The molecule has 0 aromatic carbocycles. The van der Waals surface area contributed by atoms with E-state index in [0.29, 0.717) is 0 Å². The molecule has 0 aliphatic rings. The van der Waals surface area contributed by atoms with Crippen LogP contribution in [0.5, 0.6) is 0 Å². The van der Waals surface area contributed by atoms with Gasteiger partial charge in [-0.15, -0.1) is 24.8 Å². The molecule has 0 unspecified atom stereocenters. The summed E-state index contributed by atoms with van der Waals surface area (Å²) in [7, 11) is 0. The fraction of sp³-hybridized carbons (Fsp3) is 0. The molecule has 0 aromatic rings. The predicted molar refractivity (Wildman–Crippen MR) is 23.0 cm³/mol. The van der Waals surface area contributed by atoms with Crippen molar-refractivity contribution in [3.05, 3.63) is 0 Å². The Morgan fingerprint density at radius 3 is 0.750 bits per heavy atom. The molecular formula is H4Cl2NiSn. The number of hydrogen-bond donors (Lipinski definition) is 0. The third-order valence-corrected chi connectivity index (χ3v) is 0. The molecule has 0 aliphatic carbocycles. The van der Waals surface area contributed by atoms with Crippen molar-refractivity contribution >= 4 is 48.7 Å². The fourth-order valence-electron chi connectivity index (χ4n) is 0. The summed E-state index contributed by atoms with van der Waals surface area (Å²) < 4.78 is 0. The first-order valence-electron chi connectivity index (χ1n) is 0. The second-order valence-corrected chi connectivity index (χ2v) is 0.